The van der Waals surface area contributed by atoms with Crippen molar-refractivity contribution in [2.45, 2.75) is 0 Å². The number of hydrogen-bond donors (Lipinski definition) is 1. The molecule has 3 aromatic rings. The van der Waals surface area contributed by atoms with Gasteiger partial charge in [-0.2, -0.15) is 12.7 Å². The van der Waals surface area contributed by atoms with Gasteiger partial charge in [-0.1, -0.05) is 12.1 Å². The highest BCUT2D eigenvalue weighted by atomic mass is 32.2. The first-order valence-corrected chi connectivity index (χ1v) is 8.87. The smallest absolute Gasteiger partial charge is 0.303 e. The molecule has 2 heterocycles. The molecule has 0 aliphatic rings. The van der Waals surface area contributed by atoms with Gasteiger partial charge in [-0.15, -0.1) is 11.3 Å². The van der Waals surface area contributed by atoms with Crippen LogP contribution in [0.15, 0.2) is 35.8 Å². The molecule has 0 spiro atoms. The summed E-state index contributed by atoms with van der Waals surface area (Å²) in [6.07, 6.45) is 1.75. The second kappa shape index (κ2) is 5.38. The Morgan fingerprint density at radius 3 is 2.64 bits per heavy atom. The third kappa shape index (κ3) is 2.39. The summed E-state index contributed by atoms with van der Waals surface area (Å²) in [4.78, 5) is 7.56. The summed E-state index contributed by atoms with van der Waals surface area (Å²) in [7, 11) is 1.05. The van der Waals surface area contributed by atoms with Crippen LogP contribution in [0, 0.1) is 0 Å². The van der Waals surface area contributed by atoms with E-state index in [9.17, 15) is 8.42 Å². The Morgan fingerprint density at radius 2 is 2.00 bits per heavy atom. The lowest BCUT2D eigenvalue weighted by atomic mass is 10.2. The highest BCUT2D eigenvalue weighted by Gasteiger charge is 2.23. The van der Waals surface area contributed by atoms with Crippen molar-refractivity contribution in [1.82, 2.24) is 14.3 Å². The molecule has 116 valence electrons. The van der Waals surface area contributed by atoms with Crippen LogP contribution in [-0.4, -0.2) is 43.8 Å². The lowest BCUT2D eigenvalue weighted by Crippen LogP contribution is -2.37. The average molecular weight is 336 g/mol. The zero-order valence-corrected chi connectivity index (χ0v) is 14.1. The molecular weight excluding hydrogens is 320 g/mol. The van der Waals surface area contributed by atoms with Gasteiger partial charge in [0.2, 0.25) is 0 Å². The van der Waals surface area contributed by atoms with Crippen LogP contribution in [0.2, 0.25) is 0 Å². The maximum Gasteiger partial charge on any atom is 0.303 e. The van der Waals surface area contributed by atoms with Crippen LogP contribution in [0.25, 0.3) is 21.6 Å². The normalized spacial score (nSPS) is 12.2. The van der Waals surface area contributed by atoms with E-state index in [-0.39, 0.29) is 0 Å². The van der Waals surface area contributed by atoms with E-state index >= 15 is 0 Å². The maximum atomic E-state index is 12.3. The number of fused-ring (bicyclic) bond motifs is 1. The number of hydrogen-bond acceptors (Lipinski definition) is 4. The molecule has 0 radical (unpaired) electrons. The van der Waals surface area contributed by atoms with Crippen molar-refractivity contribution in [2.75, 3.05) is 25.4 Å². The van der Waals surface area contributed by atoms with Crippen LogP contribution in [0.3, 0.4) is 0 Å². The van der Waals surface area contributed by atoms with E-state index in [1.165, 1.54) is 34.0 Å². The van der Waals surface area contributed by atoms with E-state index in [0.717, 1.165) is 21.6 Å². The molecule has 3 rings (SSSR count). The fraction of sp³-hybridized carbons (Fsp3) is 0.214. The standard InChI is InChI=1S/C14H16N4O2S2/c1-17(2)22(19,20)18(3)12-6-4-5-10-9-11(16-13(10)12)14-15-7-8-21-14/h4-9,16H,1-3H3. The quantitative estimate of drug-likeness (QED) is 0.796. The Balaban J connectivity index is 2.15. The monoisotopic (exact) mass is 336 g/mol. The van der Waals surface area contributed by atoms with E-state index in [2.05, 4.69) is 9.97 Å². The largest absolute Gasteiger partial charge is 0.351 e. The zero-order valence-electron chi connectivity index (χ0n) is 12.4. The minimum atomic E-state index is -3.53. The molecule has 0 saturated heterocycles. The molecule has 0 saturated carbocycles. The molecule has 0 unspecified atom stereocenters. The summed E-state index contributed by atoms with van der Waals surface area (Å²) >= 11 is 1.53. The van der Waals surface area contributed by atoms with Gasteiger partial charge in [0.1, 0.15) is 5.01 Å². The lowest BCUT2D eigenvalue weighted by molar-refractivity contribution is 0.519. The predicted octanol–water partition coefficient (Wildman–Crippen LogP) is 2.53. The number of aromatic amines is 1. The first-order chi connectivity index (χ1) is 10.4. The van der Waals surface area contributed by atoms with Gasteiger partial charge in [0, 0.05) is 38.1 Å². The van der Waals surface area contributed by atoms with Crippen molar-refractivity contribution in [1.29, 1.82) is 0 Å². The SMILES string of the molecule is CN(C)S(=O)(=O)N(C)c1cccc2cc(-c3nccs3)[nH]c12. The minimum absolute atomic E-state index is 0.606. The lowest BCUT2D eigenvalue weighted by Gasteiger charge is -2.23. The van der Waals surface area contributed by atoms with E-state index in [0.29, 0.717) is 5.69 Å². The molecule has 0 aliphatic carbocycles. The van der Waals surface area contributed by atoms with Gasteiger partial charge in [-0.25, -0.2) is 4.98 Å². The van der Waals surface area contributed by atoms with Crippen molar-refractivity contribution in [2.24, 2.45) is 0 Å². The van der Waals surface area contributed by atoms with Crippen molar-refractivity contribution < 1.29 is 8.42 Å². The molecule has 1 aromatic carbocycles. The molecule has 22 heavy (non-hydrogen) atoms. The molecule has 0 bridgehead atoms. The molecule has 8 heteroatoms. The van der Waals surface area contributed by atoms with Crippen LogP contribution in [0.4, 0.5) is 5.69 Å². The number of thiazole rings is 1. The summed E-state index contributed by atoms with van der Waals surface area (Å²) in [5, 5.41) is 3.73. The van der Waals surface area contributed by atoms with Crippen molar-refractivity contribution in [3.63, 3.8) is 0 Å². The number of nitrogens with one attached hydrogen (secondary N) is 1. The van der Waals surface area contributed by atoms with E-state index in [1.807, 2.05) is 23.6 Å². The van der Waals surface area contributed by atoms with Gasteiger partial charge in [-0.05, 0) is 12.1 Å². The van der Waals surface area contributed by atoms with Crippen molar-refractivity contribution in [3.05, 3.63) is 35.8 Å². The van der Waals surface area contributed by atoms with Crippen LogP contribution in [0.5, 0.6) is 0 Å². The molecule has 0 amide bonds. The van der Waals surface area contributed by atoms with Gasteiger partial charge >= 0.3 is 10.2 Å². The first-order valence-electron chi connectivity index (χ1n) is 6.59. The molecule has 2 aromatic heterocycles. The van der Waals surface area contributed by atoms with E-state index < -0.39 is 10.2 Å². The summed E-state index contributed by atoms with van der Waals surface area (Å²) in [6.45, 7) is 0. The number of aromatic nitrogens is 2. The van der Waals surface area contributed by atoms with Gasteiger partial charge in [0.25, 0.3) is 0 Å². The van der Waals surface area contributed by atoms with E-state index in [4.69, 9.17) is 0 Å². The second-order valence-electron chi connectivity index (χ2n) is 5.02. The average Bonchev–Trinajstić information content (AvgIpc) is 3.14. The highest BCUT2D eigenvalue weighted by molar-refractivity contribution is 7.90. The number of anilines is 1. The third-order valence-electron chi connectivity index (χ3n) is 3.44. The Bertz CT molecular complexity index is 898. The van der Waals surface area contributed by atoms with E-state index in [1.54, 1.807) is 19.3 Å². The maximum absolute atomic E-state index is 12.3. The van der Waals surface area contributed by atoms with Gasteiger partial charge in [-0.3, -0.25) is 4.31 Å². The number of para-hydroxylation sites is 1. The third-order valence-corrected chi connectivity index (χ3v) is 6.06. The Labute approximate surface area is 133 Å². The molecule has 0 atom stereocenters. The van der Waals surface area contributed by atoms with Crippen molar-refractivity contribution >= 4 is 38.1 Å². The molecule has 0 aliphatic heterocycles. The number of nitrogens with zero attached hydrogens (tertiary/aromatic N) is 3. The molecular formula is C14H16N4O2S2. The Kier molecular flexibility index (Phi) is 3.67. The van der Waals surface area contributed by atoms with Gasteiger partial charge in [0.05, 0.1) is 16.9 Å². The number of H-pyrrole nitrogens is 1. The number of benzene rings is 1. The highest BCUT2D eigenvalue weighted by Crippen LogP contribution is 2.32. The van der Waals surface area contributed by atoms with Crippen LogP contribution >= 0.6 is 11.3 Å². The molecule has 6 nitrogen and oxygen atoms in total. The van der Waals surface area contributed by atoms with Gasteiger partial charge < -0.3 is 4.98 Å². The minimum Gasteiger partial charge on any atom is -0.351 e. The Morgan fingerprint density at radius 1 is 1.23 bits per heavy atom. The zero-order chi connectivity index (χ0) is 15.9. The topological polar surface area (TPSA) is 69.3 Å². The van der Waals surface area contributed by atoms with Crippen LogP contribution in [-0.2, 0) is 10.2 Å². The van der Waals surface area contributed by atoms with Crippen molar-refractivity contribution in [3.8, 4) is 10.7 Å². The molecule has 0 fully saturated rings. The Hall–Kier alpha value is -1.90. The molecule has 1 N–H and O–H groups in total. The summed E-state index contributed by atoms with van der Waals surface area (Å²) in [5.41, 5.74) is 2.27. The first kappa shape index (κ1) is 15.0. The van der Waals surface area contributed by atoms with Crippen LogP contribution < -0.4 is 4.31 Å². The summed E-state index contributed by atoms with van der Waals surface area (Å²) in [6, 6.07) is 7.56. The second-order valence-corrected chi connectivity index (χ2v) is 8.09. The van der Waals surface area contributed by atoms with Crippen LogP contribution in [0.1, 0.15) is 0 Å². The number of rotatable bonds is 4. The fourth-order valence-corrected chi connectivity index (χ4v) is 3.74. The predicted molar refractivity (Wildman–Crippen MR) is 90.4 cm³/mol. The van der Waals surface area contributed by atoms with Gasteiger partial charge in [0.15, 0.2) is 0 Å². The summed E-state index contributed by atoms with van der Waals surface area (Å²) < 4.78 is 27.1. The summed E-state index contributed by atoms with van der Waals surface area (Å²) in [5.74, 6) is 0. The fourth-order valence-electron chi connectivity index (χ4n) is 2.24.